The van der Waals surface area contributed by atoms with E-state index >= 15 is 0 Å². The van der Waals surface area contributed by atoms with Crippen LogP contribution in [0.3, 0.4) is 0 Å². The molecule has 2 N–H and O–H groups in total. The topological polar surface area (TPSA) is 167 Å². The van der Waals surface area contributed by atoms with Crippen molar-refractivity contribution in [2.45, 2.75) is 423 Å². The second-order valence-electron chi connectivity index (χ2n) is 42.5. The van der Waals surface area contributed by atoms with Gasteiger partial charge in [-0.1, -0.05) is 297 Å². The van der Waals surface area contributed by atoms with E-state index in [1.54, 1.807) is 24.3 Å². The van der Waals surface area contributed by atoms with Crippen LogP contribution in [0.15, 0.2) is 194 Å². The van der Waals surface area contributed by atoms with Crippen molar-refractivity contribution in [2.75, 3.05) is 6.61 Å². The maximum atomic E-state index is 12.1. The molecule has 1 saturated heterocycles. The Morgan fingerprint density at radius 2 is 0.774 bits per heavy atom. The summed E-state index contributed by atoms with van der Waals surface area (Å²) in [5.74, 6) is 9.93. The molecule has 0 radical (unpaired) electrons. The number of esters is 2. The first-order valence-corrected chi connectivity index (χ1v) is 53.5. The van der Waals surface area contributed by atoms with E-state index in [-0.39, 0.29) is 72.7 Å². The zero-order valence-corrected chi connectivity index (χ0v) is 88.5. The number of hydrogen-bond donors (Lipinski definition) is 2. The highest BCUT2D eigenvalue weighted by molar-refractivity contribution is 5.79. The molecule has 0 amide bonds. The highest BCUT2D eigenvalue weighted by atomic mass is 16.7. The Morgan fingerprint density at radius 3 is 1.15 bits per heavy atom. The zero-order valence-electron chi connectivity index (χ0n) is 88.5. The standard InChI is InChI=1S/C26H28O2.C24H40O2.C21H34O2.C18H28O2.C14H20O4.2C10H14O/c1-4-18(2)20-13-15-21(16-14-20)28-19(3)27-17-26-24-11-7-5-9-22(24)23-10-6-8-12-25(23)26;1-7-19(4)20-13-15-22(16-14-20)26-23(25-18(2)3)17-24(5,6)21-11-9-8-10-12-21;1-5-17(4)18-11-13-20(14-12-18)23-21(15-16(2)3)22-19-9-7-6-8-10-19;1-4-14(2)16-10-12-18(13-11-16)20-15(3)19-17-8-6-5-7-9-17;1-4-14(2,3)13(16)18-10-7-5-8-9(6-7)12(15)17-11(8)10;2*1-3-8(2)9-4-6-10(11)7-5-9/h5-16,18-19,26H,4,17H2,1-3H3;13-16,18-19,21,23H,7-12,17H2,1-6H3;11-14,16-17,19,21H,5-10,15H2,1-4H3;10-15,17H,4-9H2,1-3H3;7-11H,4-6H2,1-3H3;2*4-8,11H,3H2,1-2H3. The minimum Gasteiger partial charge on any atom is -0.508 e. The molecular weight excluding hydrogens is 1700 g/mol. The predicted molar refractivity (Wildman–Crippen MR) is 563 cm³/mol. The summed E-state index contributed by atoms with van der Waals surface area (Å²) in [6.45, 7) is 50.4. The molecule has 15 rings (SSSR count). The van der Waals surface area contributed by atoms with E-state index in [1.807, 2.05) is 71.0 Å². The van der Waals surface area contributed by atoms with Gasteiger partial charge in [0.25, 0.3) is 0 Å². The van der Waals surface area contributed by atoms with Crippen molar-refractivity contribution in [1.82, 2.24) is 0 Å². The van der Waals surface area contributed by atoms with Crippen molar-refractivity contribution in [3.8, 4) is 45.6 Å². The minimum absolute atomic E-state index is 0.0779. The van der Waals surface area contributed by atoms with Crippen LogP contribution >= 0.6 is 0 Å². The summed E-state index contributed by atoms with van der Waals surface area (Å²) in [6.07, 6.45) is 30.7. The van der Waals surface area contributed by atoms with Gasteiger partial charge in [-0.15, -0.1) is 0 Å². The predicted octanol–water partition coefficient (Wildman–Crippen LogP) is 33.4. The molecule has 6 fully saturated rings. The molecule has 7 aliphatic rings. The average molecular weight is 1880 g/mol. The maximum absolute atomic E-state index is 12.1. The van der Waals surface area contributed by atoms with Crippen LogP contribution in [0.1, 0.15) is 412 Å². The van der Waals surface area contributed by atoms with Gasteiger partial charge in [0.15, 0.2) is 18.9 Å². The number of phenols is 2. The van der Waals surface area contributed by atoms with Gasteiger partial charge in [0.1, 0.15) is 46.7 Å². The van der Waals surface area contributed by atoms with Gasteiger partial charge >= 0.3 is 11.9 Å². The van der Waals surface area contributed by atoms with Crippen LogP contribution < -0.4 is 18.9 Å². The summed E-state index contributed by atoms with van der Waals surface area (Å²) in [7, 11) is 0. The molecule has 14 heteroatoms. The van der Waals surface area contributed by atoms with Gasteiger partial charge in [0.05, 0.1) is 36.3 Å². The number of carbonyl (C=O) groups is 2. The fraction of sp³-hybridized carbons (Fsp3) is 0.593. The van der Waals surface area contributed by atoms with Crippen LogP contribution in [-0.4, -0.2) is 84.4 Å². The van der Waals surface area contributed by atoms with Crippen LogP contribution in [0.4, 0.5) is 0 Å². The fourth-order valence-electron chi connectivity index (χ4n) is 19.7. The highest BCUT2D eigenvalue weighted by Gasteiger charge is 2.63. The Hall–Kier alpha value is -8.66. The van der Waals surface area contributed by atoms with E-state index in [4.69, 9.17) is 57.6 Å². The molecule has 6 aliphatic carbocycles. The van der Waals surface area contributed by atoms with E-state index in [0.717, 1.165) is 86.7 Å². The van der Waals surface area contributed by atoms with Crippen molar-refractivity contribution < 1.29 is 67.2 Å². The molecule has 1 aliphatic heterocycles. The quantitative estimate of drug-likeness (QED) is 0.0279. The van der Waals surface area contributed by atoms with Gasteiger partial charge in [-0.3, -0.25) is 9.59 Å². The second-order valence-corrected chi connectivity index (χ2v) is 42.5. The zero-order chi connectivity index (χ0) is 99.3. The van der Waals surface area contributed by atoms with E-state index < -0.39 is 5.41 Å². The number of rotatable bonds is 37. The summed E-state index contributed by atoms with van der Waals surface area (Å²) in [4.78, 5) is 23.7. The van der Waals surface area contributed by atoms with Gasteiger partial charge in [-0.2, -0.15) is 0 Å². The molecule has 0 spiro atoms. The molecule has 5 saturated carbocycles. The lowest BCUT2D eigenvalue weighted by Gasteiger charge is -2.39. The summed E-state index contributed by atoms with van der Waals surface area (Å²) < 4.78 is 59.9. The smallest absolute Gasteiger partial charge is 0.311 e. The molecule has 754 valence electrons. The van der Waals surface area contributed by atoms with E-state index in [9.17, 15) is 9.59 Å². The first-order chi connectivity index (χ1) is 65.7. The fourth-order valence-corrected chi connectivity index (χ4v) is 19.7. The molecular formula is C123H178O14. The Morgan fingerprint density at radius 1 is 0.416 bits per heavy atom. The number of carbonyl (C=O) groups excluding carboxylic acids is 2. The normalized spacial score (nSPS) is 20.1. The van der Waals surface area contributed by atoms with Gasteiger partial charge in [-0.05, 0) is 319 Å². The molecule has 137 heavy (non-hydrogen) atoms. The number of fused-ring (bicyclic) bond motifs is 4. The molecule has 15 atom stereocenters. The minimum atomic E-state index is -0.455. The van der Waals surface area contributed by atoms with Crippen LogP contribution in [0, 0.1) is 40.4 Å². The largest absolute Gasteiger partial charge is 0.508 e. The summed E-state index contributed by atoms with van der Waals surface area (Å²) in [6, 6.07) is 66.1. The third-order valence-corrected chi connectivity index (χ3v) is 30.4. The third kappa shape index (κ3) is 35.2. The van der Waals surface area contributed by atoms with E-state index in [2.05, 4.69) is 258 Å². The summed E-state index contributed by atoms with van der Waals surface area (Å²) in [5, 5.41) is 18.0. The monoisotopic (exact) mass is 1880 g/mol. The van der Waals surface area contributed by atoms with Crippen molar-refractivity contribution in [1.29, 1.82) is 0 Å². The lowest BCUT2D eigenvalue weighted by molar-refractivity contribution is -0.170. The van der Waals surface area contributed by atoms with Crippen LogP contribution in [0.5, 0.6) is 34.5 Å². The Bertz CT molecular complexity index is 4600. The molecule has 8 aromatic rings. The molecule has 14 nitrogen and oxygen atoms in total. The number of aromatic hydroxyl groups is 2. The Balaban J connectivity index is 0.000000183. The van der Waals surface area contributed by atoms with E-state index in [0.29, 0.717) is 83.6 Å². The second kappa shape index (κ2) is 56.7. The number of benzene rings is 8. The molecule has 8 aromatic carbocycles. The average Bonchev–Trinajstić information content (AvgIpc) is 1.57. The Kier molecular flexibility index (Phi) is 46.3. The first kappa shape index (κ1) is 112. The number of phenolic OH excluding ortho intramolecular Hbond substituents is 2. The summed E-state index contributed by atoms with van der Waals surface area (Å²) in [5.41, 5.74) is 13.2. The van der Waals surface area contributed by atoms with Crippen molar-refractivity contribution in [3.63, 3.8) is 0 Å². The van der Waals surface area contributed by atoms with Crippen molar-refractivity contribution in [3.05, 3.63) is 239 Å². The van der Waals surface area contributed by atoms with Crippen LogP contribution in [0.25, 0.3) is 11.1 Å². The van der Waals surface area contributed by atoms with Gasteiger partial charge in [-0.25, -0.2) is 0 Å². The van der Waals surface area contributed by atoms with Crippen LogP contribution in [0.2, 0.25) is 0 Å². The third-order valence-electron chi connectivity index (χ3n) is 30.4. The lowest BCUT2D eigenvalue weighted by atomic mass is 9.69. The van der Waals surface area contributed by atoms with Crippen LogP contribution in [-0.2, 0) is 38.0 Å². The SMILES string of the molecule is CCC(C)(C)C(=O)OC1C2CC3C(=O)OC1C3C2.CCC(C)c1ccc(O)cc1.CCC(C)c1ccc(O)cc1.CCC(C)c1ccc(OC(C)OC2CCCCC2)cc1.CCC(C)c1ccc(OC(C)OCC2c3ccccc3-c3ccccc32)cc1.CCC(C)c1ccc(OC(CC(C)(C)C2CCCCC2)OC(C)C)cc1.CCC(C)c1ccc(OC(CC(C)C)OC2CCCCC2)cc1. The van der Waals surface area contributed by atoms with Crippen molar-refractivity contribution in [2.24, 2.45) is 40.4 Å². The Labute approximate surface area is 828 Å². The van der Waals surface area contributed by atoms with Gasteiger partial charge in [0.2, 0.25) is 6.29 Å². The van der Waals surface area contributed by atoms with Crippen molar-refractivity contribution >= 4 is 11.9 Å². The van der Waals surface area contributed by atoms with Gasteiger partial charge < -0.3 is 57.6 Å². The lowest BCUT2D eigenvalue weighted by Crippen LogP contribution is -2.39. The molecule has 1 heterocycles. The molecule has 2 bridgehead atoms. The maximum Gasteiger partial charge on any atom is 0.311 e. The number of ether oxygens (including phenoxy) is 10. The van der Waals surface area contributed by atoms with Gasteiger partial charge in [0, 0.05) is 30.6 Å². The molecule has 15 unspecified atom stereocenters. The molecule has 0 aromatic heterocycles. The summed E-state index contributed by atoms with van der Waals surface area (Å²) >= 11 is 0. The first-order valence-electron chi connectivity index (χ1n) is 53.5. The highest BCUT2D eigenvalue weighted by Crippen LogP contribution is 2.56. The van der Waals surface area contributed by atoms with E-state index in [1.165, 1.54) is 165 Å². The number of hydrogen-bond acceptors (Lipinski definition) is 14.